The lowest BCUT2D eigenvalue weighted by Gasteiger charge is -1.85. The smallest absolute Gasteiger partial charge is 0.0273 e. The molecule has 0 fully saturated rings. The van der Waals surface area contributed by atoms with Crippen LogP contribution in [0.15, 0.2) is 4.99 Å². The molecule has 0 spiro atoms. The Bertz CT molecular complexity index is 49.2. The molecule has 10 heavy (non-hydrogen) atoms. The van der Waals surface area contributed by atoms with E-state index < -0.39 is 0 Å². The maximum absolute atomic E-state index is 4.50. The zero-order chi connectivity index (χ0) is 8.99. The molecule has 0 atom stereocenters. The Hall–Kier alpha value is -0.370. The Labute approximate surface area is 65.5 Å². The van der Waals surface area contributed by atoms with Gasteiger partial charge in [-0.1, -0.05) is 27.7 Å². The standard InChI is InChI=1S/C5H11N.C2H6.CH5N/c1-5(2)4-6-3;2*1-2/h4-5H,1-3H3;1-2H3;2H2,1H3. The Balaban J connectivity index is -0.000000105. The van der Waals surface area contributed by atoms with Crippen molar-refractivity contribution < 1.29 is 0 Å². The molecule has 2 heteroatoms. The molecule has 0 aliphatic carbocycles. The van der Waals surface area contributed by atoms with Crippen molar-refractivity contribution in [3.05, 3.63) is 0 Å². The summed E-state index contributed by atoms with van der Waals surface area (Å²) in [5.74, 6) is 0.606. The molecular formula is C8H22N2. The van der Waals surface area contributed by atoms with E-state index in [0.717, 1.165) is 0 Å². The van der Waals surface area contributed by atoms with Gasteiger partial charge >= 0.3 is 0 Å². The summed E-state index contributed by atoms with van der Waals surface area (Å²) in [4.78, 5) is 3.81. The first-order chi connectivity index (χ1) is 4.77. The summed E-state index contributed by atoms with van der Waals surface area (Å²) >= 11 is 0. The van der Waals surface area contributed by atoms with E-state index >= 15 is 0 Å². The predicted molar refractivity (Wildman–Crippen MR) is 50.7 cm³/mol. The van der Waals surface area contributed by atoms with Crippen molar-refractivity contribution in [1.29, 1.82) is 0 Å². The normalized spacial score (nSPS) is 8.00. The molecule has 0 aliphatic heterocycles. The molecule has 0 aromatic rings. The molecule has 0 aromatic carbocycles. The highest BCUT2D eigenvalue weighted by Crippen LogP contribution is 1.81. The highest BCUT2D eigenvalue weighted by Gasteiger charge is 1.78. The van der Waals surface area contributed by atoms with Gasteiger partial charge in [-0.25, -0.2) is 0 Å². The van der Waals surface area contributed by atoms with Gasteiger partial charge in [0, 0.05) is 13.3 Å². The fourth-order valence-corrected chi connectivity index (χ4v) is 0.298. The van der Waals surface area contributed by atoms with Crippen LogP contribution < -0.4 is 5.73 Å². The minimum absolute atomic E-state index is 0.606. The van der Waals surface area contributed by atoms with Crippen molar-refractivity contribution in [1.82, 2.24) is 0 Å². The Morgan fingerprint density at radius 2 is 1.50 bits per heavy atom. The maximum atomic E-state index is 4.50. The molecule has 0 radical (unpaired) electrons. The van der Waals surface area contributed by atoms with Gasteiger partial charge in [-0.15, -0.1) is 0 Å². The van der Waals surface area contributed by atoms with Crippen molar-refractivity contribution >= 4 is 6.21 Å². The van der Waals surface area contributed by atoms with E-state index in [9.17, 15) is 0 Å². The summed E-state index contributed by atoms with van der Waals surface area (Å²) < 4.78 is 0. The van der Waals surface area contributed by atoms with Gasteiger partial charge in [-0.05, 0) is 13.0 Å². The zero-order valence-corrected chi connectivity index (χ0v) is 8.18. The summed E-state index contributed by atoms with van der Waals surface area (Å²) in [5.41, 5.74) is 4.50. The molecule has 64 valence electrons. The first kappa shape index (κ1) is 16.3. The molecule has 0 bridgehead atoms. The van der Waals surface area contributed by atoms with Crippen LogP contribution in [0.5, 0.6) is 0 Å². The van der Waals surface area contributed by atoms with Crippen LogP contribution in [-0.2, 0) is 0 Å². The average Bonchev–Trinajstić information content (AvgIpc) is 1.96. The van der Waals surface area contributed by atoms with Gasteiger partial charge in [0.15, 0.2) is 0 Å². The summed E-state index contributed by atoms with van der Waals surface area (Å²) in [7, 11) is 3.29. The van der Waals surface area contributed by atoms with Crippen molar-refractivity contribution in [2.75, 3.05) is 14.1 Å². The van der Waals surface area contributed by atoms with E-state index in [2.05, 4.69) is 24.6 Å². The maximum Gasteiger partial charge on any atom is 0.0273 e. The third-order valence-corrected chi connectivity index (χ3v) is 0.447. The SMILES string of the molecule is CC.CN.CN=CC(C)C. The highest BCUT2D eigenvalue weighted by atomic mass is 14.6. The van der Waals surface area contributed by atoms with E-state index in [1.165, 1.54) is 7.05 Å². The summed E-state index contributed by atoms with van der Waals surface area (Å²) in [6.45, 7) is 8.21. The Kier molecular flexibility index (Phi) is 38.2. The van der Waals surface area contributed by atoms with Crippen LogP contribution >= 0.6 is 0 Å². The third kappa shape index (κ3) is 48.5. The van der Waals surface area contributed by atoms with Gasteiger partial charge in [0.1, 0.15) is 0 Å². The topological polar surface area (TPSA) is 38.4 Å². The molecule has 0 heterocycles. The Morgan fingerprint density at radius 3 is 1.50 bits per heavy atom. The summed E-state index contributed by atoms with van der Waals surface area (Å²) in [5, 5.41) is 0. The van der Waals surface area contributed by atoms with Crippen LogP contribution in [0.25, 0.3) is 0 Å². The molecule has 0 saturated heterocycles. The molecule has 0 rings (SSSR count). The van der Waals surface area contributed by atoms with E-state index in [1.54, 1.807) is 7.05 Å². The molecule has 0 aromatic heterocycles. The zero-order valence-electron chi connectivity index (χ0n) is 8.18. The monoisotopic (exact) mass is 146 g/mol. The largest absolute Gasteiger partial charge is 0.333 e. The lowest BCUT2D eigenvalue weighted by Crippen LogP contribution is -1.84. The van der Waals surface area contributed by atoms with Crippen molar-refractivity contribution in [3.63, 3.8) is 0 Å². The van der Waals surface area contributed by atoms with Crippen molar-refractivity contribution in [3.8, 4) is 0 Å². The van der Waals surface area contributed by atoms with E-state index in [-0.39, 0.29) is 0 Å². The minimum atomic E-state index is 0.606. The first-order valence-corrected chi connectivity index (χ1v) is 3.77. The van der Waals surface area contributed by atoms with E-state index in [0.29, 0.717) is 5.92 Å². The number of hydrogen-bond donors (Lipinski definition) is 1. The number of hydrogen-bond acceptors (Lipinski definition) is 2. The van der Waals surface area contributed by atoms with Crippen LogP contribution in [0.2, 0.25) is 0 Å². The van der Waals surface area contributed by atoms with Crippen LogP contribution in [0, 0.1) is 5.92 Å². The third-order valence-electron chi connectivity index (χ3n) is 0.447. The number of aliphatic imine (C=N–C) groups is 1. The molecule has 0 amide bonds. The lowest BCUT2D eigenvalue weighted by molar-refractivity contribution is 0.905. The van der Waals surface area contributed by atoms with E-state index in [1.807, 2.05) is 20.1 Å². The molecule has 0 unspecified atom stereocenters. The van der Waals surface area contributed by atoms with Crippen molar-refractivity contribution in [2.45, 2.75) is 27.7 Å². The van der Waals surface area contributed by atoms with Gasteiger partial charge in [0.25, 0.3) is 0 Å². The van der Waals surface area contributed by atoms with Gasteiger partial charge in [0.05, 0.1) is 0 Å². The minimum Gasteiger partial charge on any atom is -0.333 e. The quantitative estimate of drug-likeness (QED) is 0.564. The summed E-state index contributed by atoms with van der Waals surface area (Å²) in [6, 6.07) is 0. The van der Waals surface area contributed by atoms with Gasteiger partial charge in [0.2, 0.25) is 0 Å². The molecular weight excluding hydrogens is 124 g/mol. The molecule has 0 aliphatic rings. The summed E-state index contributed by atoms with van der Waals surface area (Å²) in [6.07, 6.45) is 1.92. The fraction of sp³-hybridized carbons (Fsp3) is 0.875. The van der Waals surface area contributed by atoms with Gasteiger partial charge < -0.3 is 10.7 Å². The Morgan fingerprint density at radius 1 is 1.20 bits per heavy atom. The highest BCUT2D eigenvalue weighted by molar-refractivity contribution is 5.59. The van der Waals surface area contributed by atoms with Crippen molar-refractivity contribution in [2.24, 2.45) is 16.6 Å². The van der Waals surface area contributed by atoms with Gasteiger partial charge in [-0.2, -0.15) is 0 Å². The molecule has 2 N–H and O–H groups in total. The van der Waals surface area contributed by atoms with Crippen LogP contribution in [0.3, 0.4) is 0 Å². The lowest BCUT2D eigenvalue weighted by atomic mass is 10.3. The second-order valence-corrected chi connectivity index (χ2v) is 1.65. The number of nitrogens with zero attached hydrogens (tertiary/aromatic N) is 1. The van der Waals surface area contributed by atoms with Crippen LogP contribution in [-0.4, -0.2) is 20.3 Å². The molecule has 2 nitrogen and oxygen atoms in total. The second kappa shape index (κ2) is 23.4. The van der Waals surface area contributed by atoms with E-state index in [4.69, 9.17) is 0 Å². The van der Waals surface area contributed by atoms with Gasteiger partial charge in [-0.3, -0.25) is 0 Å². The average molecular weight is 146 g/mol. The first-order valence-electron chi connectivity index (χ1n) is 3.77. The fourth-order valence-electron chi connectivity index (χ4n) is 0.298. The number of nitrogens with two attached hydrogens (primary N) is 1. The predicted octanol–water partition coefficient (Wildman–Crippen LogP) is 1.94. The van der Waals surface area contributed by atoms with Crippen LogP contribution in [0.4, 0.5) is 0 Å². The van der Waals surface area contributed by atoms with Crippen LogP contribution in [0.1, 0.15) is 27.7 Å². The second-order valence-electron chi connectivity index (χ2n) is 1.65. The molecule has 0 saturated carbocycles. The number of rotatable bonds is 1.